The lowest BCUT2D eigenvalue weighted by Gasteiger charge is -2.34. The average molecular weight is 504 g/mol. The number of halogens is 2. The lowest BCUT2D eigenvalue weighted by molar-refractivity contribution is -0.142. The lowest BCUT2D eigenvalue weighted by atomic mass is 9.96. The minimum absolute atomic E-state index is 0.0168. The van der Waals surface area contributed by atoms with Crippen LogP contribution in [-0.2, 0) is 9.59 Å². The van der Waals surface area contributed by atoms with Crippen LogP contribution in [0.25, 0.3) is 11.0 Å². The van der Waals surface area contributed by atoms with Crippen LogP contribution in [0.3, 0.4) is 0 Å². The molecule has 2 aromatic heterocycles. The van der Waals surface area contributed by atoms with Gasteiger partial charge in [0.1, 0.15) is 23.2 Å². The molecule has 184 valence electrons. The molecule has 0 saturated carbocycles. The molecule has 1 saturated heterocycles. The first kappa shape index (κ1) is 24.5. The first-order valence-electron chi connectivity index (χ1n) is 10.9. The molecular weight excluding hydrogens is 481 g/mol. The van der Waals surface area contributed by atoms with E-state index in [0.29, 0.717) is 48.1 Å². The van der Waals surface area contributed by atoms with Gasteiger partial charge in [0.25, 0.3) is 0 Å². The largest absolute Gasteiger partial charge is 0.480 e. The van der Waals surface area contributed by atoms with Crippen LogP contribution < -0.4 is 10.2 Å². The van der Waals surface area contributed by atoms with E-state index in [0.717, 1.165) is 12.8 Å². The van der Waals surface area contributed by atoms with E-state index < -0.39 is 17.8 Å². The van der Waals surface area contributed by atoms with Crippen LogP contribution in [0.15, 0.2) is 30.7 Å². The number of hydrogen-bond donors (Lipinski definition) is 3. The SMILES string of the molecule is O=C(O)CN(CC(=O)O)CC1CCN(c2ncc3ncnc(Nc4ccc(F)c(Cl)c4)c3n2)CC1. The van der Waals surface area contributed by atoms with Gasteiger partial charge in [0.15, 0.2) is 5.82 Å². The second kappa shape index (κ2) is 10.7. The van der Waals surface area contributed by atoms with Crippen LogP contribution in [-0.4, -0.2) is 79.7 Å². The Morgan fingerprint density at radius 3 is 2.51 bits per heavy atom. The minimum Gasteiger partial charge on any atom is -0.480 e. The normalized spacial score (nSPS) is 14.4. The molecule has 3 N–H and O–H groups in total. The fourth-order valence-corrected chi connectivity index (χ4v) is 4.23. The van der Waals surface area contributed by atoms with Crippen LogP contribution in [0.2, 0.25) is 5.02 Å². The Labute approximate surface area is 204 Å². The third kappa shape index (κ3) is 6.28. The molecule has 0 atom stereocenters. The Hall–Kier alpha value is -3.64. The van der Waals surface area contributed by atoms with Crippen molar-refractivity contribution < 1.29 is 24.2 Å². The Bertz CT molecular complexity index is 1220. The molecule has 1 aromatic carbocycles. The molecule has 0 spiro atoms. The summed E-state index contributed by atoms with van der Waals surface area (Å²) in [4.78, 5) is 43.1. The molecular formula is C22H23ClFN7O4. The standard InChI is InChI=1S/C22H23ClFN7O4/c23-15-7-14(1-2-16(15)24)28-21-20-17(26-12-27-21)8-25-22(29-20)31-5-3-13(4-6-31)9-30(10-18(32)33)11-19(34)35/h1-2,7-8,12-13H,3-6,9-11H2,(H,32,33)(H,34,35)(H,26,27,28). The summed E-state index contributed by atoms with van der Waals surface area (Å²) in [5.74, 6) is -1.54. The van der Waals surface area contributed by atoms with E-state index in [-0.39, 0.29) is 24.0 Å². The first-order chi connectivity index (χ1) is 16.8. The summed E-state index contributed by atoms with van der Waals surface area (Å²) in [7, 11) is 0. The number of hydrogen-bond acceptors (Lipinski definition) is 9. The van der Waals surface area contributed by atoms with Crippen LogP contribution in [0.5, 0.6) is 0 Å². The van der Waals surface area contributed by atoms with Gasteiger partial charge in [0.2, 0.25) is 5.95 Å². The van der Waals surface area contributed by atoms with Crippen molar-refractivity contribution in [3.63, 3.8) is 0 Å². The Balaban J connectivity index is 1.46. The zero-order chi connectivity index (χ0) is 24.9. The Morgan fingerprint density at radius 2 is 1.86 bits per heavy atom. The fourth-order valence-electron chi connectivity index (χ4n) is 4.05. The molecule has 4 rings (SSSR count). The summed E-state index contributed by atoms with van der Waals surface area (Å²) in [6, 6.07) is 4.25. The number of benzene rings is 1. The molecule has 3 heterocycles. The topological polar surface area (TPSA) is 145 Å². The van der Waals surface area contributed by atoms with Gasteiger partial charge in [0, 0.05) is 25.3 Å². The second-order valence-electron chi connectivity index (χ2n) is 8.27. The van der Waals surface area contributed by atoms with E-state index in [1.165, 1.54) is 23.4 Å². The van der Waals surface area contributed by atoms with E-state index in [1.54, 1.807) is 12.3 Å². The van der Waals surface area contributed by atoms with Crippen molar-refractivity contribution in [1.82, 2.24) is 24.8 Å². The highest BCUT2D eigenvalue weighted by Crippen LogP contribution is 2.27. The van der Waals surface area contributed by atoms with Gasteiger partial charge >= 0.3 is 11.9 Å². The van der Waals surface area contributed by atoms with Crippen molar-refractivity contribution in [2.75, 3.05) is 42.9 Å². The average Bonchev–Trinajstić information content (AvgIpc) is 2.81. The number of aromatic nitrogens is 4. The molecule has 0 amide bonds. The zero-order valence-electron chi connectivity index (χ0n) is 18.6. The first-order valence-corrected chi connectivity index (χ1v) is 11.3. The maximum absolute atomic E-state index is 13.5. The Kier molecular flexibility index (Phi) is 7.51. The van der Waals surface area contributed by atoms with E-state index in [4.69, 9.17) is 21.8 Å². The number of carboxylic acids is 2. The number of fused-ring (bicyclic) bond motifs is 1. The van der Waals surface area contributed by atoms with Gasteiger partial charge in [-0.05, 0) is 37.0 Å². The van der Waals surface area contributed by atoms with E-state index in [2.05, 4.69) is 25.3 Å². The van der Waals surface area contributed by atoms with Crippen molar-refractivity contribution in [2.45, 2.75) is 12.8 Å². The number of aliphatic carboxylic acids is 2. The smallest absolute Gasteiger partial charge is 0.317 e. The molecule has 3 aromatic rings. The number of carbonyl (C=O) groups is 2. The summed E-state index contributed by atoms with van der Waals surface area (Å²) in [6.45, 7) is 1.04. The van der Waals surface area contributed by atoms with Gasteiger partial charge in [-0.25, -0.2) is 24.3 Å². The molecule has 1 aliphatic rings. The van der Waals surface area contributed by atoms with Crippen molar-refractivity contribution in [2.24, 2.45) is 5.92 Å². The maximum Gasteiger partial charge on any atom is 0.317 e. The third-order valence-corrected chi connectivity index (χ3v) is 5.97. The summed E-state index contributed by atoms with van der Waals surface area (Å²) in [5.41, 5.74) is 1.58. The van der Waals surface area contributed by atoms with Crippen molar-refractivity contribution in [3.8, 4) is 0 Å². The number of piperidine rings is 1. The van der Waals surface area contributed by atoms with Crippen LogP contribution in [0.4, 0.5) is 21.8 Å². The quantitative estimate of drug-likeness (QED) is 0.396. The Morgan fingerprint density at radius 1 is 1.14 bits per heavy atom. The van der Waals surface area contributed by atoms with Gasteiger partial charge in [-0.3, -0.25) is 14.5 Å². The highest BCUT2D eigenvalue weighted by atomic mass is 35.5. The van der Waals surface area contributed by atoms with Crippen LogP contribution >= 0.6 is 11.6 Å². The van der Waals surface area contributed by atoms with Crippen molar-refractivity contribution in [1.29, 1.82) is 0 Å². The third-order valence-electron chi connectivity index (χ3n) is 5.68. The van der Waals surface area contributed by atoms with Gasteiger partial charge in [-0.2, -0.15) is 0 Å². The summed E-state index contributed by atoms with van der Waals surface area (Å²) >= 11 is 5.88. The van der Waals surface area contributed by atoms with Crippen LogP contribution in [0, 0.1) is 11.7 Å². The van der Waals surface area contributed by atoms with Crippen LogP contribution in [0.1, 0.15) is 12.8 Å². The second-order valence-corrected chi connectivity index (χ2v) is 8.67. The van der Waals surface area contributed by atoms with Gasteiger partial charge in [0.05, 0.1) is 24.3 Å². The molecule has 1 fully saturated rings. The van der Waals surface area contributed by atoms with E-state index in [1.807, 2.05) is 4.90 Å². The minimum atomic E-state index is -1.05. The zero-order valence-corrected chi connectivity index (χ0v) is 19.3. The summed E-state index contributed by atoms with van der Waals surface area (Å²) < 4.78 is 13.5. The molecule has 0 aliphatic carbocycles. The molecule has 11 nitrogen and oxygen atoms in total. The number of carboxylic acid groups (broad SMARTS) is 2. The molecule has 35 heavy (non-hydrogen) atoms. The molecule has 13 heteroatoms. The van der Waals surface area contributed by atoms with E-state index >= 15 is 0 Å². The van der Waals surface area contributed by atoms with Gasteiger partial charge in [-0.15, -0.1) is 0 Å². The number of rotatable bonds is 9. The fraction of sp³-hybridized carbons (Fsp3) is 0.364. The summed E-state index contributed by atoms with van der Waals surface area (Å²) in [5, 5.41) is 21.2. The highest BCUT2D eigenvalue weighted by Gasteiger charge is 2.25. The lowest BCUT2D eigenvalue weighted by Crippen LogP contribution is -2.42. The monoisotopic (exact) mass is 503 g/mol. The number of nitrogens with zero attached hydrogens (tertiary/aromatic N) is 6. The van der Waals surface area contributed by atoms with Gasteiger partial charge in [-0.1, -0.05) is 11.6 Å². The van der Waals surface area contributed by atoms with E-state index in [9.17, 15) is 14.0 Å². The number of nitrogens with one attached hydrogen (secondary N) is 1. The highest BCUT2D eigenvalue weighted by molar-refractivity contribution is 6.31. The van der Waals surface area contributed by atoms with Crippen molar-refractivity contribution >= 4 is 52.0 Å². The predicted octanol–water partition coefficient (Wildman–Crippen LogP) is 2.64. The molecule has 0 unspecified atom stereocenters. The van der Waals surface area contributed by atoms with Gasteiger partial charge < -0.3 is 20.4 Å². The molecule has 0 radical (unpaired) electrons. The predicted molar refractivity (Wildman–Crippen MR) is 126 cm³/mol. The maximum atomic E-state index is 13.5. The number of anilines is 3. The van der Waals surface area contributed by atoms with Crippen molar-refractivity contribution in [3.05, 3.63) is 41.6 Å². The molecule has 1 aliphatic heterocycles. The summed E-state index contributed by atoms with van der Waals surface area (Å²) in [6.07, 6.45) is 4.46. The molecule has 0 bridgehead atoms.